The monoisotopic (exact) mass is 329 g/mol. The average Bonchev–Trinajstić information content (AvgIpc) is 2.77. The van der Waals surface area contributed by atoms with Gasteiger partial charge in [-0.05, 0) is 31.2 Å². The van der Waals surface area contributed by atoms with E-state index in [2.05, 4.69) is 9.71 Å². The Balaban J connectivity index is 1.89. The third kappa shape index (κ3) is 4.06. The van der Waals surface area contributed by atoms with Crippen LogP contribution in [0.2, 0.25) is 0 Å². The van der Waals surface area contributed by atoms with Crippen molar-refractivity contribution in [3.63, 3.8) is 0 Å². The molecule has 114 valence electrons. The van der Waals surface area contributed by atoms with Crippen molar-refractivity contribution in [1.82, 2.24) is 9.71 Å². The summed E-state index contributed by atoms with van der Waals surface area (Å²) in [6.07, 6.45) is 0. The van der Waals surface area contributed by atoms with Gasteiger partial charge in [-0.1, -0.05) is 11.3 Å². The second kappa shape index (κ2) is 6.29. The van der Waals surface area contributed by atoms with Crippen molar-refractivity contribution >= 4 is 27.0 Å². The van der Waals surface area contributed by atoms with Crippen molar-refractivity contribution < 1.29 is 13.2 Å². The van der Waals surface area contributed by atoms with E-state index in [0.29, 0.717) is 28.5 Å². The number of H-pyrrole nitrogens is 1. The Morgan fingerprint density at radius 2 is 2.00 bits per heavy atom. The largest absolute Gasteiger partial charge is 0.492 e. The lowest BCUT2D eigenvalue weighted by atomic mass is 10.3. The second-order valence-corrected chi connectivity index (χ2v) is 7.19. The van der Waals surface area contributed by atoms with Crippen LogP contribution in [0.4, 0.5) is 5.69 Å². The third-order valence-corrected chi connectivity index (χ3v) is 5.63. The molecule has 21 heavy (non-hydrogen) atoms. The topological polar surface area (TPSA) is 114 Å². The van der Waals surface area contributed by atoms with E-state index < -0.39 is 14.9 Å². The summed E-state index contributed by atoms with van der Waals surface area (Å²) in [5, 5.41) is 0. The molecule has 0 aliphatic carbocycles. The summed E-state index contributed by atoms with van der Waals surface area (Å²) in [7, 11) is -3.69. The van der Waals surface area contributed by atoms with Crippen molar-refractivity contribution in [2.75, 3.05) is 18.9 Å². The van der Waals surface area contributed by atoms with Gasteiger partial charge in [-0.2, -0.15) is 0 Å². The molecule has 0 unspecified atom stereocenters. The number of sulfonamides is 1. The molecule has 0 amide bonds. The summed E-state index contributed by atoms with van der Waals surface area (Å²) in [6, 6.07) is 6.79. The van der Waals surface area contributed by atoms with Crippen LogP contribution in [0.25, 0.3) is 0 Å². The van der Waals surface area contributed by atoms with Crippen LogP contribution in [-0.2, 0) is 10.0 Å². The fourth-order valence-corrected chi connectivity index (χ4v) is 3.98. The van der Waals surface area contributed by atoms with Crippen molar-refractivity contribution in [3.05, 3.63) is 39.6 Å². The number of hydrogen-bond acceptors (Lipinski definition) is 6. The Bertz CT molecular complexity index is 763. The van der Waals surface area contributed by atoms with Gasteiger partial charge in [0.2, 0.25) is 0 Å². The smallest absolute Gasteiger partial charge is 0.305 e. The van der Waals surface area contributed by atoms with Crippen molar-refractivity contribution in [2.45, 2.75) is 11.1 Å². The number of anilines is 1. The van der Waals surface area contributed by atoms with Gasteiger partial charge in [-0.25, -0.2) is 13.1 Å². The fraction of sp³-hybridized carbons (Fsp3) is 0.250. The molecule has 1 heterocycles. The van der Waals surface area contributed by atoms with Crippen molar-refractivity contribution in [2.24, 2.45) is 0 Å². The Kier molecular flexibility index (Phi) is 4.66. The van der Waals surface area contributed by atoms with Gasteiger partial charge in [-0.15, -0.1) is 0 Å². The molecule has 1 aromatic carbocycles. The molecule has 9 heteroatoms. The van der Waals surface area contributed by atoms with Gasteiger partial charge in [0.05, 0.1) is 0 Å². The van der Waals surface area contributed by atoms with Crippen LogP contribution in [-0.4, -0.2) is 26.6 Å². The van der Waals surface area contributed by atoms with Crippen LogP contribution in [0.3, 0.4) is 0 Å². The predicted molar refractivity (Wildman–Crippen MR) is 81.2 cm³/mol. The van der Waals surface area contributed by atoms with Crippen LogP contribution in [0, 0.1) is 6.92 Å². The first-order valence-electron chi connectivity index (χ1n) is 6.06. The number of aromatic nitrogens is 1. The molecule has 0 saturated carbocycles. The van der Waals surface area contributed by atoms with Crippen LogP contribution in [0.5, 0.6) is 5.75 Å². The molecular weight excluding hydrogens is 314 g/mol. The minimum atomic E-state index is -3.69. The van der Waals surface area contributed by atoms with Crippen LogP contribution < -0.4 is 20.1 Å². The summed E-state index contributed by atoms with van der Waals surface area (Å²) in [5.41, 5.74) is 6.50. The highest BCUT2D eigenvalue weighted by atomic mass is 32.2. The molecule has 0 aliphatic heterocycles. The lowest BCUT2D eigenvalue weighted by molar-refractivity contribution is 0.323. The van der Waals surface area contributed by atoms with Gasteiger partial charge in [0.15, 0.2) is 4.21 Å². The van der Waals surface area contributed by atoms with Gasteiger partial charge in [0.25, 0.3) is 10.0 Å². The fourth-order valence-electron chi connectivity index (χ4n) is 1.62. The SMILES string of the molecule is Cc1[nH]c(=O)sc1S(=O)(=O)NCCOc1ccc(N)cc1. The minimum Gasteiger partial charge on any atom is -0.492 e. The van der Waals surface area contributed by atoms with E-state index in [4.69, 9.17) is 10.5 Å². The molecule has 2 aromatic rings. The standard InChI is InChI=1S/C12H15N3O4S2/c1-8-11(20-12(16)15-8)21(17,18)14-6-7-19-10-4-2-9(13)3-5-10/h2-5,14H,6-7,13H2,1H3,(H,15,16). The quantitative estimate of drug-likeness (QED) is 0.533. The number of nitrogen functional groups attached to an aromatic ring is 1. The highest BCUT2D eigenvalue weighted by Gasteiger charge is 2.19. The molecule has 0 aliphatic rings. The first-order valence-corrected chi connectivity index (χ1v) is 8.36. The molecule has 0 bridgehead atoms. The zero-order valence-corrected chi connectivity index (χ0v) is 12.9. The Labute approximate surface area is 125 Å². The van der Waals surface area contributed by atoms with Crippen molar-refractivity contribution in [1.29, 1.82) is 0 Å². The summed E-state index contributed by atoms with van der Waals surface area (Å²) < 4.78 is 31.7. The minimum absolute atomic E-state index is 0.0000142. The molecular formula is C12H15N3O4S2. The van der Waals surface area contributed by atoms with Gasteiger partial charge in [0.1, 0.15) is 12.4 Å². The van der Waals surface area contributed by atoms with E-state index in [-0.39, 0.29) is 17.4 Å². The number of rotatable bonds is 6. The molecule has 0 fully saturated rings. The van der Waals surface area contributed by atoms with Gasteiger partial charge < -0.3 is 15.5 Å². The summed E-state index contributed by atoms with van der Waals surface area (Å²) in [6.45, 7) is 1.80. The number of hydrogen-bond donors (Lipinski definition) is 3. The first kappa shape index (κ1) is 15.5. The highest BCUT2D eigenvalue weighted by Crippen LogP contribution is 2.15. The maximum Gasteiger partial charge on any atom is 0.305 e. The van der Waals surface area contributed by atoms with E-state index in [1.807, 2.05) is 0 Å². The molecule has 0 spiro atoms. The van der Waals surface area contributed by atoms with E-state index in [0.717, 1.165) is 0 Å². The molecule has 0 radical (unpaired) electrons. The maximum atomic E-state index is 12.0. The second-order valence-electron chi connectivity index (χ2n) is 4.24. The normalized spacial score (nSPS) is 11.5. The summed E-state index contributed by atoms with van der Waals surface area (Å²) >= 11 is 0.661. The van der Waals surface area contributed by atoms with Gasteiger partial charge in [-0.3, -0.25) is 4.79 Å². The maximum absolute atomic E-state index is 12.0. The highest BCUT2D eigenvalue weighted by molar-refractivity contribution is 7.91. The number of ether oxygens (including phenoxy) is 1. The number of aryl methyl sites for hydroxylation is 1. The molecule has 1 aromatic heterocycles. The summed E-state index contributed by atoms with van der Waals surface area (Å²) in [5.74, 6) is 0.603. The number of nitrogens with two attached hydrogens (primary N) is 1. The van der Waals surface area contributed by atoms with Crippen molar-refractivity contribution in [3.8, 4) is 5.75 Å². The molecule has 0 atom stereocenters. The molecule has 2 rings (SSSR count). The Morgan fingerprint density at radius 1 is 1.33 bits per heavy atom. The number of thiazole rings is 1. The molecule has 4 N–H and O–H groups in total. The summed E-state index contributed by atoms with van der Waals surface area (Å²) in [4.78, 5) is 13.2. The number of benzene rings is 1. The Hall–Kier alpha value is -1.84. The lowest BCUT2D eigenvalue weighted by Crippen LogP contribution is -2.28. The van der Waals surface area contributed by atoms with E-state index >= 15 is 0 Å². The van der Waals surface area contributed by atoms with E-state index in [1.54, 1.807) is 24.3 Å². The lowest BCUT2D eigenvalue weighted by Gasteiger charge is -2.08. The van der Waals surface area contributed by atoms with Crippen LogP contribution in [0.15, 0.2) is 33.3 Å². The van der Waals surface area contributed by atoms with Crippen LogP contribution in [0.1, 0.15) is 5.69 Å². The third-order valence-electron chi connectivity index (χ3n) is 2.57. The predicted octanol–water partition coefficient (Wildman–Crippen LogP) is 0.684. The zero-order valence-electron chi connectivity index (χ0n) is 11.3. The number of aromatic amines is 1. The zero-order chi connectivity index (χ0) is 15.5. The van der Waals surface area contributed by atoms with Crippen LogP contribution >= 0.6 is 11.3 Å². The Morgan fingerprint density at radius 3 is 2.57 bits per heavy atom. The van der Waals surface area contributed by atoms with Gasteiger partial charge in [0, 0.05) is 17.9 Å². The number of nitrogens with one attached hydrogen (secondary N) is 2. The molecule has 0 saturated heterocycles. The van der Waals surface area contributed by atoms with Gasteiger partial charge >= 0.3 is 4.87 Å². The van der Waals surface area contributed by atoms with E-state index in [1.165, 1.54) is 6.92 Å². The van der Waals surface area contributed by atoms with E-state index in [9.17, 15) is 13.2 Å². The first-order chi connectivity index (χ1) is 9.88. The average molecular weight is 329 g/mol. The molecule has 7 nitrogen and oxygen atoms in total.